The van der Waals surface area contributed by atoms with E-state index in [1.54, 1.807) is 36.5 Å². The van der Waals surface area contributed by atoms with Crippen LogP contribution in [-0.4, -0.2) is 22.6 Å². The van der Waals surface area contributed by atoms with Gasteiger partial charge in [-0.25, -0.2) is 0 Å². The summed E-state index contributed by atoms with van der Waals surface area (Å²) in [5.41, 5.74) is 0.490. The van der Waals surface area contributed by atoms with E-state index in [4.69, 9.17) is 9.26 Å². The van der Waals surface area contributed by atoms with Gasteiger partial charge in [-0.05, 0) is 30.0 Å². The van der Waals surface area contributed by atoms with Crippen LogP contribution in [0, 0.1) is 6.92 Å². The van der Waals surface area contributed by atoms with Gasteiger partial charge in [0.25, 0.3) is 5.91 Å². The lowest BCUT2D eigenvalue weighted by Crippen LogP contribution is -2.26. The zero-order valence-corrected chi connectivity index (χ0v) is 14.0. The first-order chi connectivity index (χ1) is 11.7. The van der Waals surface area contributed by atoms with E-state index in [2.05, 4.69) is 21.5 Å². The van der Waals surface area contributed by atoms with Crippen LogP contribution >= 0.6 is 11.3 Å². The number of nitrogens with zero attached hydrogens (tertiary/aromatic N) is 2. The highest BCUT2D eigenvalue weighted by Crippen LogP contribution is 2.19. The van der Waals surface area contributed by atoms with Crippen molar-refractivity contribution in [2.24, 2.45) is 0 Å². The average molecular weight is 343 g/mol. The van der Waals surface area contributed by atoms with Gasteiger partial charge in [0.1, 0.15) is 5.75 Å². The topological polar surface area (TPSA) is 77.2 Å². The molecule has 0 saturated heterocycles. The second kappa shape index (κ2) is 7.74. The number of hydrogen-bond donors (Lipinski definition) is 1. The molecule has 3 rings (SSSR count). The summed E-state index contributed by atoms with van der Waals surface area (Å²) in [7, 11) is 0. The number of thiophene rings is 1. The maximum atomic E-state index is 12.4. The highest BCUT2D eigenvalue weighted by atomic mass is 32.1. The summed E-state index contributed by atoms with van der Waals surface area (Å²) in [6.07, 6.45) is 0.814. The Hall–Kier alpha value is -2.67. The Morgan fingerprint density at radius 2 is 2.17 bits per heavy atom. The maximum absolute atomic E-state index is 12.4. The molecular formula is C17H17N3O3S. The number of aromatic nitrogens is 2. The van der Waals surface area contributed by atoms with Crippen molar-refractivity contribution in [3.63, 3.8) is 0 Å². The fourth-order valence-electron chi connectivity index (χ4n) is 2.17. The van der Waals surface area contributed by atoms with Crippen LogP contribution in [0.3, 0.4) is 0 Å². The van der Waals surface area contributed by atoms with Crippen LogP contribution in [-0.2, 0) is 13.0 Å². The smallest absolute Gasteiger partial charge is 0.255 e. The van der Waals surface area contributed by atoms with E-state index >= 15 is 0 Å². The van der Waals surface area contributed by atoms with Gasteiger partial charge < -0.3 is 14.6 Å². The van der Waals surface area contributed by atoms with Gasteiger partial charge in [0.2, 0.25) is 11.7 Å². The molecule has 0 aliphatic rings. The molecule has 24 heavy (non-hydrogen) atoms. The van der Waals surface area contributed by atoms with Gasteiger partial charge in [0.15, 0.2) is 6.61 Å². The van der Waals surface area contributed by atoms with Crippen molar-refractivity contribution in [2.75, 3.05) is 6.54 Å². The van der Waals surface area contributed by atoms with E-state index in [9.17, 15) is 4.79 Å². The molecule has 6 nitrogen and oxygen atoms in total. The Labute approximate surface area is 143 Å². The van der Waals surface area contributed by atoms with Gasteiger partial charge in [-0.3, -0.25) is 4.79 Å². The van der Waals surface area contributed by atoms with E-state index in [1.165, 1.54) is 4.88 Å². The van der Waals surface area contributed by atoms with Crippen LogP contribution < -0.4 is 10.1 Å². The lowest BCUT2D eigenvalue weighted by molar-refractivity contribution is 0.0949. The molecular weight excluding hydrogens is 326 g/mol. The van der Waals surface area contributed by atoms with Crippen molar-refractivity contribution in [2.45, 2.75) is 20.0 Å². The van der Waals surface area contributed by atoms with Crippen LogP contribution in [0.2, 0.25) is 0 Å². The third-order valence-electron chi connectivity index (χ3n) is 3.30. The van der Waals surface area contributed by atoms with Crippen LogP contribution in [0.1, 0.15) is 27.0 Å². The number of nitrogens with one attached hydrogen (secondary N) is 1. The molecule has 0 bridgehead atoms. The maximum Gasteiger partial charge on any atom is 0.255 e. The zero-order chi connectivity index (χ0) is 16.8. The predicted molar refractivity (Wildman–Crippen MR) is 90.2 cm³/mol. The quantitative estimate of drug-likeness (QED) is 0.713. The largest absolute Gasteiger partial charge is 0.485 e. The number of ether oxygens (including phenoxy) is 1. The van der Waals surface area contributed by atoms with Crippen LogP contribution in [0.15, 0.2) is 46.3 Å². The summed E-state index contributed by atoms with van der Waals surface area (Å²) in [5, 5.41) is 8.72. The van der Waals surface area contributed by atoms with Crippen molar-refractivity contribution in [1.29, 1.82) is 0 Å². The number of hydrogen-bond acceptors (Lipinski definition) is 6. The summed E-state index contributed by atoms with van der Waals surface area (Å²) in [6.45, 7) is 2.44. The third kappa shape index (κ3) is 4.20. The highest BCUT2D eigenvalue weighted by Gasteiger charge is 2.13. The van der Waals surface area contributed by atoms with E-state index in [0.29, 0.717) is 29.6 Å². The molecule has 0 atom stereocenters. The molecule has 0 unspecified atom stereocenters. The molecule has 0 saturated carbocycles. The Balaban J connectivity index is 1.59. The molecule has 0 fully saturated rings. The van der Waals surface area contributed by atoms with Gasteiger partial charge in [0, 0.05) is 18.3 Å². The Morgan fingerprint density at radius 1 is 1.29 bits per heavy atom. The Morgan fingerprint density at radius 3 is 2.92 bits per heavy atom. The second-order valence-electron chi connectivity index (χ2n) is 5.10. The first-order valence-electron chi connectivity index (χ1n) is 7.54. The molecule has 0 aliphatic carbocycles. The number of carbonyl (C=O) groups is 1. The summed E-state index contributed by atoms with van der Waals surface area (Å²) >= 11 is 1.68. The minimum absolute atomic E-state index is 0.150. The normalized spacial score (nSPS) is 10.5. The molecule has 0 aliphatic heterocycles. The van der Waals surface area contributed by atoms with Crippen LogP contribution in [0.25, 0.3) is 0 Å². The summed E-state index contributed by atoms with van der Waals surface area (Å²) in [5.74, 6) is 1.26. The van der Waals surface area contributed by atoms with Gasteiger partial charge in [0.05, 0.1) is 5.56 Å². The molecule has 0 spiro atoms. The predicted octanol–water partition coefficient (Wildman–Crippen LogP) is 2.99. The molecule has 124 valence electrons. The first kappa shape index (κ1) is 16.2. The molecule has 0 radical (unpaired) electrons. The van der Waals surface area contributed by atoms with Crippen molar-refractivity contribution in [1.82, 2.24) is 15.5 Å². The molecule has 7 heteroatoms. The van der Waals surface area contributed by atoms with E-state index < -0.39 is 0 Å². The summed E-state index contributed by atoms with van der Waals surface area (Å²) in [4.78, 5) is 17.7. The number of benzene rings is 1. The summed E-state index contributed by atoms with van der Waals surface area (Å²) in [6, 6.07) is 11.2. The number of carbonyl (C=O) groups excluding carboxylic acids is 1. The second-order valence-corrected chi connectivity index (χ2v) is 6.13. The number of amides is 1. The fraction of sp³-hybridized carbons (Fsp3) is 0.235. The molecule has 2 heterocycles. The minimum atomic E-state index is -0.161. The van der Waals surface area contributed by atoms with Gasteiger partial charge in [-0.15, -0.1) is 11.3 Å². The number of rotatable bonds is 7. The third-order valence-corrected chi connectivity index (χ3v) is 4.23. The fourth-order valence-corrected chi connectivity index (χ4v) is 2.88. The lowest BCUT2D eigenvalue weighted by Gasteiger charge is -2.10. The van der Waals surface area contributed by atoms with Crippen molar-refractivity contribution in [3.05, 3.63) is 63.9 Å². The number of para-hydroxylation sites is 1. The standard InChI is InChI=1S/C17H17N3O3S/c1-12-19-16(20-23-12)11-22-15-7-3-2-6-14(15)17(21)18-9-8-13-5-4-10-24-13/h2-7,10H,8-9,11H2,1H3,(H,18,21). The monoisotopic (exact) mass is 343 g/mol. The van der Waals surface area contributed by atoms with E-state index in [1.807, 2.05) is 17.5 Å². The SMILES string of the molecule is Cc1nc(COc2ccccc2C(=O)NCCc2cccs2)no1. The number of aryl methyl sites for hydroxylation is 1. The van der Waals surface area contributed by atoms with Crippen molar-refractivity contribution >= 4 is 17.2 Å². The lowest BCUT2D eigenvalue weighted by atomic mass is 10.2. The first-order valence-corrected chi connectivity index (χ1v) is 8.42. The minimum Gasteiger partial charge on any atom is -0.485 e. The van der Waals surface area contributed by atoms with Gasteiger partial charge >= 0.3 is 0 Å². The van der Waals surface area contributed by atoms with Gasteiger partial charge in [-0.2, -0.15) is 4.98 Å². The Bertz CT molecular complexity index is 799. The summed E-state index contributed by atoms with van der Waals surface area (Å²) < 4.78 is 10.6. The molecule has 3 aromatic rings. The average Bonchev–Trinajstić information content (AvgIpc) is 3.25. The molecule has 2 aromatic heterocycles. The van der Waals surface area contributed by atoms with Gasteiger partial charge in [-0.1, -0.05) is 23.4 Å². The zero-order valence-electron chi connectivity index (χ0n) is 13.2. The highest BCUT2D eigenvalue weighted by molar-refractivity contribution is 7.09. The van der Waals surface area contributed by atoms with Crippen molar-refractivity contribution < 1.29 is 14.1 Å². The molecule has 1 N–H and O–H groups in total. The van der Waals surface area contributed by atoms with Crippen LogP contribution in [0.4, 0.5) is 0 Å². The Kier molecular flexibility index (Phi) is 5.22. The molecule has 1 amide bonds. The van der Waals surface area contributed by atoms with Crippen molar-refractivity contribution in [3.8, 4) is 5.75 Å². The van der Waals surface area contributed by atoms with E-state index in [-0.39, 0.29) is 12.5 Å². The van der Waals surface area contributed by atoms with Crippen LogP contribution in [0.5, 0.6) is 5.75 Å². The van der Waals surface area contributed by atoms with E-state index in [0.717, 1.165) is 6.42 Å². The molecule has 1 aromatic carbocycles.